The van der Waals surface area contributed by atoms with Gasteiger partial charge >= 0.3 is 6.09 Å². The molecule has 0 bridgehead atoms. The van der Waals surface area contributed by atoms with Gasteiger partial charge in [-0.1, -0.05) is 0 Å². The van der Waals surface area contributed by atoms with Gasteiger partial charge in [-0.15, -0.1) is 15.3 Å². The largest absolute Gasteiger partial charge is 0.473 e. The van der Waals surface area contributed by atoms with E-state index >= 15 is 0 Å². The third kappa shape index (κ3) is 5.57. The third-order valence-corrected chi connectivity index (χ3v) is 6.24. The molecule has 2 fully saturated rings. The van der Waals surface area contributed by atoms with Crippen LogP contribution in [0.3, 0.4) is 0 Å². The summed E-state index contributed by atoms with van der Waals surface area (Å²) in [6.07, 6.45) is 5.91. The lowest BCUT2D eigenvalue weighted by molar-refractivity contribution is 0.0515. The molecule has 0 spiro atoms. The van der Waals surface area contributed by atoms with E-state index in [1.165, 1.54) is 0 Å². The van der Waals surface area contributed by atoms with Gasteiger partial charge in [0.05, 0.1) is 5.69 Å². The number of anilines is 1. The molecule has 1 aliphatic carbocycles. The maximum atomic E-state index is 13.3. The van der Waals surface area contributed by atoms with Gasteiger partial charge in [0.1, 0.15) is 11.7 Å². The van der Waals surface area contributed by atoms with Crippen molar-refractivity contribution >= 4 is 40.0 Å². The highest BCUT2D eigenvalue weighted by Crippen LogP contribution is 2.31. The summed E-state index contributed by atoms with van der Waals surface area (Å²) >= 11 is 2.09. The highest BCUT2D eigenvalue weighted by Gasteiger charge is 2.30. The van der Waals surface area contributed by atoms with E-state index in [1.54, 1.807) is 9.42 Å². The van der Waals surface area contributed by atoms with E-state index in [0.717, 1.165) is 38.5 Å². The lowest BCUT2D eigenvalue weighted by Crippen LogP contribution is -2.41. The Balaban J connectivity index is 1.72. The minimum atomic E-state index is -0.612. The predicted octanol–water partition coefficient (Wildman–Crippen LogP) is 4.22. The number of fused-ring (bicyclic) bond motifs is 1. The zero-order valence-electron chi connectivity index (χ0n) is 18.3. The number of hydrogen-bond acceptors (Lipinski definition) is 7. The standard InChI is InChI=1S/C21H30IN5O4/c1-21(2,3)31-20(28)26(13-14-8-10-29-11-9-14)16-12-17(30-15-6-4-5-7-15)25-27-18(16)23-24-19(27)22/h12,14-15H,4-11,13H2,1-3H3. The van der Waals surface area contributed by atoms with Crippen LogP contribution in [-0.2, 0) is 9.47 Å². The van der Waals surface area contributed by atoms with Crippen LogP contribution in [0.15, 0.2) is 6.07 Å². The number of hydrogen-bond donors (Lipinski definition) is 0. The number of aromatic nitrogens is 4. The Morgan fingerprint density at radius 2 is 1.94 bits per heavy atom. The topological polar surface area (TPSA) is 91.1 Å². The molecule has 3 heterocycles. The highest BCUT2D eigenvalue weighted by atomic mass is 127. The zero-order chi connectivity index (χ0) is 22.0. The van der Waals surface area contributed by atoms with Crippen LogP contribution < -0.4 is 9.64 Å². The second-order valence-electron chi connectivity index (χ2n) is 9.24. The van der Waals surface area contributed by atoms with Gasteiger partial charge in [0.2, 0.25) is 15.4 Å². The molecule has 0 aromatic carbocycles. The highest BCUT2D eigenvalue weighted by molar-refractivity contribution is 14.1. The van der Waals surface area contributed by atoms with Crippen molar-refractivity contribution in [3.63, 3.8) is 0 Å². The first-order valence-corrected chi connectivity index (χ1v) is 12.0. The second kappa shape index (κ2) is 9.43. The maximum Gasteiger partial charge on any atom is 0.414 e. The lowest BCUT2D eigenvalue weighted by atomic mass is 9.99. The summed E-state index contributed by atoms with van der Waals surface area (Å²) in [5.41, 5.74) is 0.514. The van der Waals surface area contributed by atoms with Crippen LogP contribution in [0, 0.1) is 9.75 Å². The minimum Gasteiger partial charge on any atom is -0.473 e. The quantitative estimate of drug-likeness (QED) is 0.522. The van der Waals surface area contributed by atoms with E-state index in [2.05, 4.69) is 37.9 Å². The van der Waals surface area contributed by atoms with Gasteiger partial charge in [-0.2, -0.15) is 4.52 Å². The molecule has 10 heteroatoms. The molecule has 2 aliphatic rings. The van der Waals surface area contributed by atoms with Gasteiger partial charge in [-0.25, -0.2) is 4.79 Å². The molecule has 0 unspecified atom stereocenters. The van der Waals surface area contributed by atoms with Crippen molar-refractivity contribution in [2.45, 2.75) is 71.0 Å². The fourth-order valence-electron chi connectivity index (χ4n) is 4.03. The first kappa shape index (κ1) is 22.5. The Morgan fingerprint density at radius 3 is 2.61 bits per heavy atom. The van der Waals surface area contributed by atoms with Crippen LogP contribution >= 0.6 is 22.6 Å². The van der Waals surface area contributed by atoms with Crippen LogP contribution in [0.1, 0.15) is 59.3 Å². The van der Waals surface area contributed by atoms with Crippen LogP contribution in [0.5, 0.6) is 5.88 Å². The van der Waals surface area contributed by atoms with E-state index in [0.29, 0.717) is 46.7 Å². The molecule has 1 aliphatic heterocycles. The molecule has 0 N–H and O–H groups in total. The molecule has 1 saturated carbocycles. The van der Waals surface area contributed by atoms with E-state index in [1.807, 2.05) is 26.8 Å². The molecule has 1 amide bonds. The Bertz CT molecular complexity index is 916. The molecule has 4 rings (SSSR count). The molecule has 9 nitrogen and oxygen atoms in total. The van der Waals surface area contributed by atoms with Gasteiger partial charge in [0.15, 0.2) is 0 Å². The average Bonchev–Trinajstić information content (AvgIpc) is 3.35. The summed E-state index contributed by atoms with van der Waals surface area (Å²) in [7, 11) is 0. The van der Waals surface area contributed by atoms with Crippen molar-refractivity contribution in [3.05, 3.63) is 9.90 Å². The summed E-state index contributed by atoms with van der Waals surface area (Å²) < 4.78 is 19.7. The number of nitrogens with zero attached hydrogens (tertiary/aromatic N) is 5. The summed E-state index contributed by atoms with van der Waals surface area (Å²) in [5.74, 6) is 0.795. The summed E-state index contributed by atoms with van der Waals surface area (Å²) in [4.78, 5) is 15.0. The second-order valence-corrected chi connectivity index (χ2v) is 10.2. The lowest BCUT2D eigenvalue weighted by Gasteiger charge is -2.31. The van der Waals surface area contributed by atoms with Crippen LogP contribution in [0.2, 0.25) is 0 Å². The van der Waals surface area contributed by atoms with Crippen LogP contribution in [-0.4, -0.2) is 57.4 Å². The number of carbonyl (C=O) groups is 1. The molecular weight excluding hydrogens is 513 g/mol. The zero-order valence-corrected chi connectivity index (χ0v) is 20.5. The maximum absolute atomic E-state index is 13.3. The van der Waals surface area contributed by atoms with Crippen molar-refractivity contribution in [3.8, 4) is 5.88 Å². The Hall–Kier alpha value is -1.69. The Kier molecular flexibility index (Phi) is 6.85. The Morgan fingerprint density at radius 1 is 1.23 bits per heavy atom. The molecular formula is C21H30IN5O4. The summed E-state index contributed by atoms with van der Waals surface area (Å²) in [5, 5.41) is 13.1. The number of carbonyl (C=O) groups excluding carboxylic acids is 1. The molecule has 170 valence electrons. The van der Waals surface area contributed by atoms with Gasteiger partial charge in [-0.05, 0) is 65.2 Å². The number of rotatable bonds is 5. The fourth-order valence-corrected chi connectivity index (χ4v) is 4.47. The molecule has 2 aromatic rings. The normalized spacial score (nSPS) is 18.5. The molecule has 0 radical (unpaired) electrons. The number of halogens is 1. The van der Waals surface area contributed by atoms with Gasteiger partial charge in [-0.3, -0.25) is 4.90 Å². The fraction of sp³-hybridized carbons (Fsp3) is 0.714. The minimum absolute atomic E-state index is 0.150. The van der Waals surface area contributed by atoms with Crippen molar-refractivity contribution in [2.24, 2.45) is 5.92 Å². The smallest absolute Gasteiger partial charge is 0.414 e. The summed E-state index contributed by atoms with van der Waals surface area (Å²) in [6, 6.07) is 1.81. The van der Waals surface area contributed by atoms with Crippen molar-refractivity contribution in [1.82, 2.24) is 19.8 Å². The summed E-state index contributed by atoms with van der Waals surface area (Å²) in [6.45, 7) is 7.54. The van der Waals surface area contributed by atoms with Crippen LogP contribution in [0.25, 0.3) is 5.65 Å². The number of ether oxygens (including phenoxy) is 3. The van der Waals surface area contributed by atoms with Gasteiger partial charge in [0.25, 0.3) is 0 Å². The molecule has 0 atom stereocenters. The molecule has 31 heavy (non-hydrogen) atoms. The van der Waals surface area contributed by atoms with Crippen LogP contribution in [0.4, 0.5) is 10.5 Å². The SMILES string of the molecule is CC(C)(C)OC(=O)N(CC1CCOCC1)c1cc(OC2CCCC2)nn2c(I)nnc12. The molecule has 1 saturated heterocycles. The van der Waals surface area contributed by atoms with Gasteiger partial charge < -0.3 is 14.2 Å². The van der Waals surface area contributed by atoms with E-state index in [4.69, 9.17) is 14.2 Å². The number of amides is 1. The van der Waals surface area contributed by atoms with Crippen molar-refractivity contribution in [1.29, 1.82) is 0 Å². The Labute approximate surface area is 195 Å². The van der Waals surface area contributed by atoms with E-state index < -0.39 is 11.7 Å². The molecule has 2 aromatic heterocycles. The van der Waals surface area contributed by atoms with E-state index in [9.17, 15) is 4.79 Å². The van der Waals surface area contributed by atoms with Crippen molar-refractivity contribution < 1.29 is 19.0 Å². The predicted molar refractivity (Wildman–Crippen MR) is 124 cm³/mol. The first-order valence-electron chi connectivity index (χ1n) is 11.0. The van der Waals surface area contributed by atoms with E-state index in [-0.39, 0.29) is 6.10 Å². The van der Waals surface area contributed by atoms with Crippen molar-refractivity contribution in [2.75, 3.05) is 24.7 Å². The monoisotopic (exact) mass is 543 g/mol. The first-order chi connectivity index (χ1) is 14.8. The van der Waals surface area contributed by atoms with Gasteiger partial charge in [0, 0.05) is 48.4 Å². The third-order valence-electron chi connectivity index (χ3n) is 5.57. The average molecular weight is 543 g/mol.